The van der Waals surface area contributed by atoms with E-state index in [9.17, 15) is 22.8 Å². The summed E-state index contributed by atoms with van der Waals surface area (Å²) in [5.74, 6) is -0.839. The number of fused-ring (bicyclic) bond motifs is 1. The molecule has 2 aliphatic rings. The van der Waals surface area contributed by atoms with Gasteiger partial charge in [-0.1, -0.05) is 18.2 Å². The quantitative estimate of drug-likeness (QED) is 0.868. The summed E-state index contributed by atoms with van der Waals surface area (Å²) in [4.78, 5) is 30.6. The lowest BCUT2D eigenvalue weighted by molar-refractivity contribution is -0.137. The van der Waals surface area contributed by atoms with E-state index in [2.05, 4.69) is 4.98 Å². The minimum absolute atomic E-state index is 0.0529. The van der Waals surface area contributed by atoms with Crippen LogP contribution in [0.3, 0.4) is 0 Å². The number of aryl methyl sites for hydroxylation is 1. The second-order valence-electron chi connectivity index (χ2n) is 6.92. The Morgan fingerprint density at radius 2 is 2.00 bits per heavy atom. The van der Waals surface area contributed by atoms with Crippen LogP contribution in [0.1, 0.15) is 27.5 Å². The Morgan fingerprint density at radius 1 is 1.30 bits per heavy atom. The number of alkyl halides is 3. The lowest BCUT2D eigenvalue weighted by Crippen LogP contribution is -2.46. The van der Waals surface area contributed by atoms with Crippen molar-refractivity contribution in [2.45, 2.75) is 25.6 Å². The topological polar surface area (TPSA) is 76.3 Å². The first-order valence-corrected chi connectivity index (χ1v) is 9.24. The number of primary amides is 1. The molecule has 2 aromatic rings. The average Bonchev–Trinajstić information content (AvgIpc) is 3.08. The molecule has 1 aliphatic heterocycles. The van der Waals surface area contributed by atoms with Gasteiger partial charge >= 0.3 is 6.18 Å². The van der Waals surface area contributed by atoms with Crippen molar-refractivity contribution in [2.75, 3.05) is 6.54 Å². The fourth-order valence-electron chi connectivity index (χ4n) is 3.86. The van der Waals surface area contributed by atoms with Crippen molar-refractivity contribution in [3.05, 3.63) is 40.5 Å². The SMILES string of the molecule is Cc1nc(C(=O)N2C[C@H]3C[C@H]3[C@H]2C(N)=O)c(-c2ccccc2C(F)(F)F)s1. The monoisotopic (exact) mass is 395 g/mol. The van der Waals surface area contributed by atoms with Gasteiger partial charge < -0.3 is 10.6 Å². The second kappa shape index (κ2) is 6.05. The fraction of sp³-hybridized carbons (Fsp3) is 0.389. The number of rotatable bonds is 3. The van der Waals surface area contributed by atoms with Gasteiger partial charge in [-0.2, -0.15) is 13.2 Å². The number of amides is 2. The number of nitrogens with zero attached hydrogens (tertiary/aromatic N) is 2. The van der Waals surface area contributed by atoms with Crippen LogP contribution in [0, 0.1) is 18.8 Å². The summed E-state index contributed by atoms with van der Waals surface area (Å²) < 4.78 is 40.3. The highest BCUT2D eigenvalue weighted by Gasteiger charge is 2.56. The number of benzene rings is 1. The second-order valence-corrected chi connectivity index (χ2v) is 8.12. The molecule has 3 atom stereocenters. The summed E-state index contributed by atoms with van der Waals surface area (Å²) in [5.41, 5.74) is 4.50. The predicted octanol–water partition coefficient (Wildman–Crippen LogP) is 3.08. The maximum atomic E-state index is 13.4. The van der Waals surface area contributed by atoms with Gasteiger partial charge in [-0.15, -0.1) is 11.3 Å². The number of thiazole rings is 1. The Kier molecular flexibility index (Phi) is 4.03. The molecule has 2 fully saturated rings. The molecule has 0 radical (unpaired) electrons. The normalized spacial score (nSPS) is 24.0. The summed E-state index contributed by atoms with van der Waals surface area (Å²) in [6, 6.07) is 4.40. The molecular weight excluding hydrogens is 379 g/mol. The van der Waals surface area contributed by atoms with Gasteiger partial charge in [-0.25, -0.2) is 4.98 Å². The highest BCUT2D eigenvalue weighted by Crippen LogP contribution is 2.50. The van der Waals surface area contributed by atoms with Gasteiger partial charge in [0.1, 0.15) is 11.7 Å². The zero-order valence-electron chi connectivity index (χ0n) is 14.3. The Morgan fingerprint density at radius 3 is 2.67 bits per heavy atom. The van der Waals surface area contributed by atoms with Crippen LogP contribution < -0.4 is 5.73 Å². The van der Waals surface area contributed by atoms with Crippen molar-refractivity contribution in [1.29, 1.82) is 0 Å². The molecule has 1 aromatic heterocycles. The number of nitrogens with two attached hydrogens (primary N) is 1. The van der Waals surface area contributed by atoms with Gasteiger partial charge in [0.2, 0.25) is 5.91 Å². The zero-order valence-corrected chi connectivity index (χ0v) is 15.1. The zero-order chi connectivity index (χ0) is 19.5. The molecule has 1 saturated heterocycles. The minimum atomic E-state index is -4.56. The van der Waals surface area contributed by atoms with Crippen LogP contribution in [-0.4, -0.2) is 34.3 Å². The van der Waals surface area contributed by atoms with Crippen LogP contribution >= 0.6 is 11.3 Å². The van der Waals surface area contributed by atoms with Crippen LogP contribution in [0.4, 0.5) is 13.2 Å². The molecule has 0 unspecified atom stereocenters. The Bertz CT molecular complexity index is 940. The van der Waals surface area contributed by atoms with Crippen LogP contribution in [0.2, 0.25) is 0 Å². The third kappa shape index (κ3) is 2.99. The van der Waals surface area contributed by atoms with E-state index in [0.717, 1.165) is 23.8 Å². The van der Waals surface area contributed by atoms with Crippen LogP contribution in [0.5, 0.6) is 0 Å². The molecule has 27 heavy (non-hydrogen) atoms. The van der Waals surface area contributed by atoms with Crippen molar-refractivity contribution in [3.63, 3.8) is 0 Å². The number of hydrogen-bond acceptors (Lipinski definition) is 4. The molecular formula is C18H16F3N3O2S. The van der Waals surface area contributed by atoms with E-state index in [-0.39, 0.29) is 28.0 Å². The molecule has 9 heteroatoms. The number of aromatic nitrogens is 1. The molecule has 0 spiro atoms. The molecule has 2 heterocycles. The molecule has 2 N–H and O–H groups in total. The van der Waals surface area contributed by atoms with E-state index in [1.807, 2.05) is 0 Å². The number of carbonyl (C=O) groups is 2. The summed E-state index contributed by atoms with van der Waals surface area (Å²) in [5, 5.41) is 0.477. The van der Waals surface area contributed by atoms with Gasteiger partial charge in [-0.05, 0) is 31.2 Å². The number of likely N-dealkylation sites (tertiary alicyclic amines) is 1. The molecule has 4 rings (SSSR count). The van der Waals surface area contributed by atoms with E-state index in [4.69, 9.17) is 5.73 Å². The molecule has 1 saturated carbocycles. The predicted molar refractivity (Wildman–Crippen MR) is 92.9 cm³/mol. The number of halogens is 3. The van der Waals surface area contributed by atoms with Gasteiger partial charge in [0.05, 0.1) is 15.4 Å². The van der Waals surface area contributed by atoms with Crippen molar-refractivity contribution in [1.82, 2.24) is 9.88 Å². The number of piperidine rings is 1. The van der Waals surface area contributed by atoms with E-state index in [1.54, 1.807) is 6.92 Å². The summed E-state index contributed by atoms with van der Waals surface area (Å²) in [6.45, 7) is 2.02. The molecule has 1 aliphatic carbocycles. The Balaban J connectivity index is 1.77. The molecule has 0 bridgehead atoms. The minimum Gasteiger partial charge on any atom is -0.368 e. The van der Waals surface area contributed by atoms with Crippen molar-refractivity contribution < 1.29 is 22.8 Å². The summed E-state index contributed by atoms with van der Waals surface area (Å²) >= 11 is 1.03. The smallest absolute Gasteiger partial charge is 0.368 e. The van der Waals surface area contributed by atoms with Gasteiger partial charge in [0, 0.05) is 12.1 Å². The van der Waals surface area contributed by atoms with E-state index in [1.165, 1.54) is 23.1 Å². The highest BCUT2D eigenvalue weighted by atomic mass is 32.1. The van der Waals surface area contributed by atoms with Crippen molar-refractivity contribution in [3.8, 4) is 10.4 Å². The number of carbonyl (C=O) groups excluding carboxylic acids is 2. The first-order chi connectivity index (χ1) is 12.7. The van der Waals surface area contributed by atoms with Crippen molar-refractivity contribution >= 4 is 23.2 Å². The van der Waals surface area contributed by atoms with E-state index in [0.29, 0.717) is 11.6 Å². The van der Waals surface area contributed by atoms with Gasteiger partial charge in [-0.3, -0.25) is 9.59 Å². The first kappa shape index (κ1) is 18.0. The molecule has 142 valence electrons. The van der Waals surface area contributed by atoms with Crippen molar-refractivity contribution in [2.24, 2.45) is 17.6 Å². The average molecular weight is 395 g/mol. The Labute approximate surface area is 157 Å². The van der Waals surface area contributed by atoms with Crippen LogP contribution in [0.15, 0.2) is 24.3 Å². The lowest BCUT2D eigenvalue weighted by atomic mass is 10.0. The van der Waals surface area contributed by atoms with E-state index < -0.39 is 29.6 Å². The summed E-state index contributed by atoms with van der Waals surface area (Å²) in [7, 11) is 0. The van der Waals surface area contributed by atoms with Crippen LogP contribution in [0.25, 0.3) is 10.4 Å². The highest BCUT2D eigenvalue weighted by molar-refractivity contribution is 7.15. The summed E-state index contributed by atoms with van der Waals surface area (Å²) in [6.07, 6.45) is -3.71. The number of hydrogen-bond donors (Lipinski definition) is 1. The maximum Gasteiger partial charge on any atom is 0.417 e. The Hall–Kier alpha value is -2.42. The third-order valence-electron chi connectivity index (χ3n) is 5.12. The molecule has 1 aromatic carbocycles. The largest absolute Gasteiger partial charge is 0.417 e. The third-order valence-corrected chi connectivity index (χ3v) is 6.12. The lowest BCUT2D eigenvalue weighted by Gasteiger charge is -2.25. The standard InChI is InChI=1S/C18H16F3N3O2S/c1-8-23-13(17(26)24-7-9-6-11(9)14(24)16(22)25)15(27-8)10-4-2-3-5-12(10)18(19,20)21/h2-5,9,11,14H,6-7H2,1H3,(H2,22,25)/t9-,11-,14+/m1/s1. The van der Waals surface area contributed by atoms with E-state index >= 15 is 0 Å². The first-order valence-electron chi connectivity index (χ1n) is 8.42. The maximum absolute atomic E-state index is 13.4. The molecule has 5 nitrogen and oxygen atoms in total. The fourth-order valence-corrected chi connectivity index (χ4v) is 4.81. The van der Waals surface area contributed by atoms with Gasteiger partial charge in [0.15, 0.2) is 0 Å². The van der Waals surface area contributed by atoms with Crippen LogP contribution in [-0.2, 0) is 11.0 Å². The van der Waals surface area contributed by atoms with Gasteiger partial charge in [0.25, 0.3) is 5.91 Å². The molecule has 2 amide bonds.